The molecule has 5 nitrogen and oxygen atoms in total. The molecule has 1 aliphatic rings. The van der Waals surface area contributed by atoms with Gasteiger partial charge in [0.2, 0.25) is 0 Å². The van der Waals surface area contributed by atoms with Crippen molar-refractivity contribution in [2.45, 2.75) is 52.7 Å². The summed E-state index contributed by atoms with van der Waals surface area (Å²) in [6, 6.07) is 12.9. The topological polar surface area (TPSA) is 58.1 Å². The summed E-state index contributed by atoms with van der Waals surface area (Å²) in [6.45, 7) is 8.33. The Morgan fingerprint density at radius 1 is 1.09 bits per heavy atom. The molecule has 1 aromatic heterocycles. The molecule has 4 rings (SSSR count). The van der Waals surface area contributed by atoms with Crippen LogP contribution in [0.5, 0.6) is 0 Å². The third-order valence-electron chi connectivity index (χ3n) is 6.23. The van der Waals surface area contributed by atoms with Gasteiger partial charge >= 0.3 is 0 Å². The average molecular weight is 433 g/mol. The van der Waals surface area contributed by atoms with Crippen molar-refractivity contribution in [2.24, 2.45) is 0 Å². The fourth-order valence-corrected chi connectivity index (χ4v) is 4.19. The molecule has 1 atom stereocenters. The van der Waals surface area contributed by atoms with Gasteiger partial charge in [0.05, 0.1) is 17.3 Å². The van der Waals surface area contributed by atoms with Gasteiger partial charge in [0, 0.05) is 19.3 Å². The van der Waals surface area contributed by atoms with Crippen LogP contribution in [0.25, 0.3) is 0 Å². The summed E-state index contributed by atoms with van der Waals surface area (Å²) in [7, 11) is 0. The van der Waals surface area contributed by atoms with Gasteiger partial charge in [-0.05, 0) is 74.5 Å². The summed E-state index contributed by atoms with van der Waals surface area (Å²) in [4.78, 5) is 24.3. The Balaban J connectivity index is 1.43. The first-order chi connectivity index (χ1) is 15.4. The summed E-state index contributed by atoms with van der Waals surface area (Å²) < 4.78 is 13.0. The minimum atomic E-state index is -0.293. The van der Waals surface area contributed by atoms with Gasteiger partial charge < -0.3 is 5.32 Å². The molecule has 2 heterocycles. The van der Waals surface area contributed by atoms with Gasteiger partial charge in [0.1, 0.15) is 11.6 Å². The third-order valence-corrected chi connectivity index (χ3v) is 6.23. The maximum atomic E-state index is 13.0. The number of nitrogens with zero attached hydrogens (tertiary/aromatic N) is 3. The number of likely N-dealkylation sites (tertiary alicyclic amines) is 1. The van der Waals surface area contributed by atoms with Gasteiger partial charge in [-0.2, -0.15) is 0 Å². The number of carbonyl (C=O) groups excluding carboxylic acids is 1. The van der Waals surface area contributed by atoms with Gasteiger partial charge in [0.15, 0.2) is 0 Å². The molecule has 0 aliphatic carbocycles. The maximum Gasteiger partial charge on any atom is 0.254 e. The fraction of sp³-hybridized carbons (Fsp3) is 0.346. The van der Waals surface area contributed by atoms with Crippen LogP contribution >= 0.6 is 0 Å². The third kappa shape index (κ3) is 5.02. The van der Waals surface area contributed by atoms with Crippen LogP contribution in [0.3, 0.4) is 0 Å². The summed E-state index contributed by atoms with van der Waals surface area (Å²) in [6.07, 6.45) is 3.75. The van der Waals surface area contributed by atoms with Crippen molar-refractivity contribution >= 4 is 5.91 Å². The number of nitrogens with one attached hydrogen (secondary N) is 1. The van der Waals surface area contributed by atoms with Gasteiger partial charge in [-0.15, -0.1) is 0 Å². The number of hydrogen-bond acceptors (Lipinski definition) is 4. The lowest BCUT2D eigenvalue weighted by Gasteiger charge is -2.24. The molecule has 0 unspecified atom stereocenters. The van der Waals surface area contributed by atoms with E-state index in [4.69, 9.17) is 4.98 Å². The number of aryl methyl sites for hydroxylation is 3. The monoisotopic (exact) mass is 432 g/mol. The first kappa shape index (κ1) is 22.1. The highest BCUT2D eigenvalue weighted by Gasteiger charge is 2.29. The molecule has 0 saturated carbocycles. The maximum absolute atomic E-state index is 13.0. The zero-order chi connectivity index (χ0) is 22.7. The van der Waals surface area contributed by atoms with Crippen LogP contribution in [0, 0.1) is 26.6 Å². The Morgan fingerprint density at radius 2 is 1.84 bits per heavy atom. The normalized spacial score (nSPS) is 16.3. The molecule has 0 radical (unpaired) electrons. The minimum absolute atomic E-state index is 0.159. The highest BCUT2D eigenvalue weighted by Crippen LogP contribution is 2.31. The second kappa shape index (κ2) is 9.57. The Kier molecular flexibility index (Phi) is 6.61. The molecule has 1 amide bonds. The van der Waals surface area contributed by atoms with E-state index in [1.54, 1.807) is 18.3 Å². The average Bonchev–Trinajstić information content (AvgIpc) is 3.23. The lowest BCUT2D eigenvalue weighted by atomic mass is 10.1. The molecule has 166 valence electrons. The van der Waals surface area contributed by atoms with E-state index >= 15 is 0 Å². The van der Waals surface area contributed by atoms with Crippen LogP contribution in [0.4, 0.5) is 4.39 Å². The molecule has 2 aromatic carbocycles. The van der Waals surface area contributed by atoms with Crippen molar-refractivity contribution in [2.75, 3.05) is 6.54 Å². The van der Waals surface area contributed by atoms with Crippen molar-refractivity contribution in [1.29, 1.82) is 0 Å². The molecular weight excluding hydrogens is 403 g/mol. The minimum Gasteiger partial charge on any atom is -0.348 e. The van der Waals surface area contributed by atoms with Crippen molar-refractivity contribution in [3.63, 3.8) is 0 Å². The van der Waals surface area contributed by atoms with E-state index < -0.39 is 0 Å². The molecule has 1 saturated heterocycles. The van der Waals surface area contributed by atoms with E-state index in [1.165, 1.54) is 28.8 Å². The van der Waals surface area contributed by atoms with E-state index in [1.807, 2.05) is 6.92 Å². The van der Waals surface area contributed by atoms with Crippen molar-refractivity contribution < 1.29 is 9.18 Å². The Morgan fingerprint density at radius 3 is 2.56 bits per heavy atom. The van der Waals surface area contributed by atoms with Crippen LogP contribution in [0.2, 0.25) is 0 Å². The fourth-order valence-electron chi connectivity index (χ4n) is 4.19. The van der Waals surface area contributed by atoms with Gasteiger partial charge in [-0.3, -0.25) is 9.69 Å². The Bertz CT molecular complexity index is 1110. The standard InChI is InChI=1S/C26H29FN4O/c1-17-6-7-21(13-18(17)2)16-31-12-4-5-24(31)25-28-15-23(19(3)30-25)26(32)29-14-20-8-10-22(27)11-9-20/h6-11,13,15,24H,4-5,12,14,16H2,1-3H3,(H,29,32)/t24-/m0/s1. The van der Waals surface area contributed by atoms with Crippen LogP contribution in [0.1, 0.15) is 63.0 Å². The molecule has 1 aliphatic heterocycles. The zero-order valence-corrected chi connectivity index (χ0v) is 18.9. The van der Waals surface area contributed by atoms with E-state index in [0.717, 1.165) is 37.3 Å². The largest absolute Gasteiger partial charge is 0.348 e. The van der Waals surface area contributed by atoms with E-state index in [0.29, 0.717) is 17.8 Å². The second-order valence-corrected chi connectivity index (χ2v) is 8.58. The van der Waals surface area contributed by atoms with E-state index in [2.05, 4.69) is 47.2 Å². The molecule has 3 aromatic rings. The molecule has 1 fully saturated rings. The number of amides is 1. The number of benzene rings is 2. The summed E-state index contributed by atoms with van der Waals surface area (Å²) in [5.41, 5.74) is 5.89. The summed E-state index contributed by atoms with van der Waals surface area (Å²) in [5.74, 6) is 0.258. The number of rotatable bonds is 6. The summed E-state index contributed by atoms with van der Waals surface area (Å²) in [5, 5.41) is 2.86. The van der Waals surface area contributed by atoms with E-state index in [9.17, 15) is 9.18 Å². The lowest BCUT2D eigenvalue weighted by Crippen LogP contribution is -2.27. The first-order valence-corrected chi connectivity index (χ1v) is 11.1. The predicted molar refractivity (Wildman–Crippen MR) is 123 cm³/mol. The van der Waals surface area contributed by atoms with Crippen molar-refractivity contribution in [3.8, 4) is 0 Å². The van der Waals surface area contributed by atoms with Crippen LogP contribution in [-0.4, -0.2) is 27.3 Å². The Labute approximate surface area is 188 Å². The molecule has 32 heavy (non-hydrogen) atoms. The van der Waals surface area contributed by atoms with Crippen LogP contribution < -0.4 is 5.32 Å². The zero-order valence-electron chi connectivity index (χ0n) is 18.9. The van der Waals surface area contributed by atoms with Crippen molar-refractivity contribution in [1.82, 2.24) is 20.2 Å². The van der Waals surface area contributed by atoms with Crippen LogP contribution in [0.15, 0.2) is 48.7 Å². The highest BCUT2D eigenvalue weighted by atomic mass is 19.1. The number of aromatic nitrogens is 2. The Hall–Kier alpha value is -3.12. The van der Waals surface area contributed by atoms with Crippen LogP contribution in [-0.2, 0) is 13.1 Å². The van der Waals surface area contributed by atoms with Gasteiger partial charge in [-0.1, -0.05) is 30.3 Å². The number of hydrogen-bond donors (Lipinski definition) is 1. The molecule has 1 N–H and O–H groups in total. The lowest BCUT2D eigenvalue weighted by molar-refractivity contribution is 0.0949. The molecule has 0 bridgehead atoms. The predicted octanol–water partition coefficient (Wildman–Crippen LogP) is 4.81. The van der Waals surface area contributed by atoms with Gasteiger partial charge in [0.25, 0.3) is 5.91 Å². The van der Waals surface area contributed by atoms with E-state index in [-0.39, 0.29) is 17.8 Å². The molecule has 0 spiro atoms. The van der Waals surface area contributed by atoms with Gasteiger partial charge in [-0.25, -0.2) is 14.4 Å². The quantitative estimate of drug-likeness (QED) is 0.607. The smallest absolute Gasteiger partial charge is 0.254 e. The van der Waals surface area contributed by atoms with Crippen molar-refractivity contribution in [3.05, 3.63) is 93.8 Å². The number of carbonyl (C=O) groups is 1. The second-order valence-electron chi connectivity index (χ2n) is 8.58. The summed E-state index contributed by atoms with van der Waals surface area (Å²) >= 11 is 0. The first-order valence-electron chi connectivity index (χ1n) is 11.1. The molecular formula is C26H29FN4O. The molecule has 6 heteroatoms. The SMILES string of the molecule is Cc1ccc(CN2CCC[C@H]2c2ncc(C(=O)NCc3ccc(F)cc3)c(C)n2)cc1C. The number of halogens is 1. The highest BCUT2D eigenvalue weighted by molar-refractivity contribution is 5.94.